The van der Waals surface area contributed by atoms with E-state index >= 15 is 0 Å². The summed E-state index contributed by atoms with van der Waals surface area (Å²) in [5, 5.41) is 5.33. The number of carbonyl (C=O) groups is 2. The van der Waals surface area contributed by atoms with Gasteiger partial charge in [-0.3, -0.25) is 9.59 Å². The van der Waals surface area contributed by atoms with Gasteiger partial charge in [-0.05, 0) is 29.7 Å². The second-order valence-electron chi connectivity index (χ2n) is 7.37. The molecule has 136 valence electrons. The molecule has 4 rings (SSSR count). The third-order valence-electron chi connectivity index (χ3n) is 5.84. The summed E-state index contributed by atoms with van der Waals surface area (Å²) >= 11 is 1.35. The van der Waals surface area contributed by atoms with E-state index in [0.717, 1.165) is 6.42 Å². The molecule has 2 heterocycles. The van der Waals surface area contributed by atoms with Crippen LogP contribution >= 0.6 is 11.3 Å². The fourth-order valence-corrected chi connectivity index (χ4v) is 5.10. The molecule has 2 aliphatic rings. The Bertz CT molecular complexity index is 778. The number of nitrogens with zero attached hydrogens (tertiary/aromatic N) is 2. The van der Waals surface area contributed by atoms with Gasteiger partial charge in [0.15, 0.2) is 5.01 Å². The minimum Gasteiger partial charge on any atom is -0.350 e. The van der Waals surface area contributed by atoms with Crippen LogP contribution in [-0.4, -0.2) is 34.3 Å². The van der Waals surface area contributed by atoms with Gasteiger partial charge in [0.05, 0.1) is 0 Å². The van der Waals surface area contributed by atoms with Crippen molar-refractivity contribution in [2.45, 2.75) is 32.4 Å². The van der Waals surface area contributed by atoms with Crippen LogP contribution in [0.25, 0.3) is 0 Å². The van der Waals surface area contributed by atoms with Crippen molar-refractivity contribution in [1.29, 1.82) is 0 Å². The lowest BCUT2D eigenvalue weighted by Crippen LogP contribution is -2.34. The average molecular weight is 369 g/mol. The molecule has 1 aliphatic heterocycles. The molecular weight excluding hydrogens is 346 g/mol. The smallest absolute Gasteiger partial charge is 0.280 e. The molecule has 1 aromatic carbocycles. The number of nitrogens with one attached hydrogen (secondary N) is 1. The van der Waals surface area contributed by atoms with E-state index in [9.17, 15) is 9.59 Å². The topological polar surface area (TPSA) is 62.3 Å². The molecule has 5 nitrogen and oxygen atoms in total. The first kappa shape index (κ1) is 17.2. The number of hydrogen-bond acceptors (Lipinski definition) is 4. The first-order valence-electron chi connectivity index (χ1n) is 9.14. The maximum Gasteiger partial charge on any atom is 0.280 e. The quantitative estimate of drug-likeness (QED) is 0.881. The third kappa shape index (κ3) is 3.26. The molecule has 2 fully saturated rings. The van der Waals surface area contributed by atoms with E-state index in [0.29, 0.717) is 48.3 Å². The Hall–Kier alpha value is -2.21. The number of fused-ring (bicyclic) bond motifs is 1. The largest absolute Gasteiger partial charge is 0.350 e. The zero-order valence-corrected chi connectivity index (χ0v) is 15.6. The third-order valence-corrected chi connectivity index (χ3v) is 6.61. The zero-order valence-electron chi connectivity index (χ0n) is 14.8. The van der Waals surface area contributed by atoms with E-state index in [1.807, 2.05) is 18.2 Å². The van der Waals surface area contributed by atoms with Crippen LogP contribution in [0, 0.1) is 17.8 Å². The summed E-state index contributed by atoms with van der Waals surface area (Å²) in [5.74, 6) is 1.30. The van der Waals surface area contributed by atoms with Crippen molar-refractivity contribution in [3.05, 3.63) is 52.5 Å². The predicted molar refractivity (Wildman–Crippen MR) is 101 cm³/mol. The van der Waals surface area contributed by atoms with Gasteiger partial charge < -0.3 is 10.2 Å². The van der Waals surface area contributed by atoms with Gasteiger partial charge in [0, 0.05) is 37.1 Å². The lowest BCUT2D eigenvalue weighted by Gasteiger charge is -2.24. The average Bonchev–Trinajstić information content (AvgIpc) is 3.34. The molecule has 4 atom stereocenters. The fourth-order valence-electron chi connectivity index (χ4n) is 4.55. The molecule has 0 spiro atoms. The molecule has 2 amide bonds. The van der Waals surface area contributed by atoms with Crippen LogP contribution in [0.1, 0.15) is 35.1 Å². The lowest BCUT2D eigenvalue weighted by atomic mass is 9.88. The Labute approximate surface area is 157 Å². The van der Waals surface area contributed by atoms with E-state index in [2.05, 4.69) is 34.3 Å². The minimum atomic E-state index is -0.110. The molecule has 6 heteroatoms. The molecule has 2 aromatic rings. The Kier molecular flexibility index (Phi) is 4.76. The van der Waals surface area contributed by atoms with Crippen molar-refractivity contribution in [3.63, 3.8) is 0 Å². The summed E-state index contributed by atoms with van der Waals surface area (Å²) < 4.78 is 0. The number of benzene rings is 1. The second-order valence-corrected chi connectivity index (χ2v) is 8.26. The number of rotatable bonds is 5. The summed E-state index contributed by atoms with van der Waals surface area (Å²) in [6.45, 7) is 3.54. The number of amides is 2. The Morgan fingerprint density at radius 1 is 1.35 bits per heavy atom. The molecule has 1 aromatic heterocycles. The summed E-state index contributed by atoms with van der Waals surface area (Å²) in [6, 6.07) is 10.5. The van der Waals surface area contributed by atoms with Gasteiger partial charge in [-0.15, -0.1) is 11.3 Å². The summed E-state index contributed by atoms with van der Waals surface area (Å²) in [7, 11) is 0. The highest BCUT2D eigenvalue weighted by molar-refractivity contribution is 7.11. The number of aromatic nitrogens is 1. The van der Waals surface area contributed by atoms with Crippen LogP contribution in [0.5, 0.6) is 0 Å². The highest BCUT2D eigenvalue weighted by Gasteiger charge is 2.50. The summed E-state index contributed by atoms with van der Waals surface area (Å²) in [6.07, 6.45) is 3.26. The first-order valence-corrected chi connectivity index (χ1v) is 10.0. The molecule has 1 N–H and O–H groups in total. The molecular formula is C20H23N3O2S. The van der Waals surface area contributed by atoms with Crippen LogP contribution in [0.2, 0.25) is 0 Å². The van der Waals surface area contributed by atoms with Gasteiger partial charge in [0.1, 0.15) is 0 Å². The normalized spacial score (nSPS) is 27.6. The van der Waals surface area contributed by atoms with Crippen LogP contribution in [-0.2, 0) is 11.3 Å². The Morgan fingerprint density at radius 3 is 2.88 bits per heavy atom. The van der Waals surface area contributed by atoms with Gasteiger partial charge in [-0.1, -0.05) is 37.3 Å². The van der Waals surface area contributed by atoms with Gasteiger partial charge in [-0.25, -0.2) is 4.98 Å². The molecule has 1 saturated heterocycles. The van der Waals surface area contributed by atoms with Crippen LogP contribution in [0.4, 0.5) is 0 Å². The van der Waals surface area contributed by atoms with E-state index in [1.165, 1.54) is 16.9 Å². The summed E-state index contributed by atoms with van der Waals surface area (Å²) in [5.41, 5.74) is 1.18. The molecule has 0 unspecified atom stereocenters. The van der Waals surface area contributed by atoms with Crippen molar-refractivity contribution in [2.24, 2.45) is 17.8 Å². The Morgan fingerprint density at radius 2 is 2.15 bits per heavy atom. The van der Waals surface area contributed by atoms with E-state index in [1.54, 1.807) is 11.6 Å². The number of carbonyl (C=O) groups excluding carboxylic acids is 2. The monoisotopic (exact) mass is 369 g/mol. The van der Waals surface area contributed by atoms with Gasteiger partial charge in [0.2, 0.25) is 5.91 Å². The highest BCUT2D eigenvalue weighted by Crippen LogP contribution is 2.46. The van der Waals surface area contributed by atoms with E-state index in [4.69, 9.17) is 0 Å². The van der Waals surface area contributed by atoms with E-state index in [-0.39, 0.29) is 11.8 Å². The maximum absolute atomic E-state index is 12.6. The molecule has 26 heavy (non-hydrogen) atoms. The van der Waals surface area contributed by atoms with Gasteiger partial charge >= 0.3 is 0 Å². The number of hydrogen-bond donors (Lipinski definition) is 1. The number of thiazole rings is 1. The zero-order chi connectivity index (χ0) is 18.1. The SMILES string of the molecule is C[C@H]1C[C@@H]2[C@@H](CC(=O)N2Cc2ccccc2)[C@@H]1CNC(=O)c1nccs1. The lowest BCUT2D eigenvalue weighted by molar-refractivity contribution is -0.129. The van der Waals surface area contributed by atoms with Crippen molar-refractivity contribution >= 4 is 23.2 Å². The fraction of sp³-hybridized carbons (Fsp3) is 0.450. The minimum absolute atomic E-state index is 0.110. The van der Waals surface area contributed by atoms with Crippen molar-refractivity contribution in [1.82, 2.24) is 15.2 Å². The Balaban J connectivity index is 1.42. The predicted octanol–water partition coefficient (Wildman–Crippen LogP) is 2.95. The molecule has 0 bridgehead atoms. The van der Waals surface area contributed by atoms with E-state index < -0.39 is 0 Å². The number of likely N-dealkylation sites (tertiary alicyclic amines) is 1. The van der Waals surface area contributed by atoms with Gasteiger partial charge in [-0.2, -0.15) is 0 Å². The highest BCUT2D eigenvalue weighted by atomic mass is 32.1. The van der Waals surface area contributed by atoms with Crippen LogP contribution < -0.4 is 5.32 Å². The summed E-state index contributed by atoms with van der Waals surface area (Å²) in [4.78, 5) is 30.9. The van der Waals surface area contributed by atoms with Gasteiger partial charge in [0.25, 0.3) is 5.91 Å². The second kappa shape index (κ2) is 7.19. The van der Waals surface area contributed by atoms with Crippen molar-refractivity contribution in [3.8, 4) is 0 Å². The van der Waals surface area contributed by atoms with Crippen LogP contribution in [0.3, 0.4) is 0 Å². The molecule has 0 radical (unpaired) electrons. The maximum atomic E-state index is 12.6. The van der Waals surface area contributed by atoms with Crippen LogP contribution in [0.15, 0.2) is 41.9 Å². The van der Waals surface area contributed by atoms with Crippen molar-refractivity contribution < 1.29 is 9.59 Å². The molecule has 1 saturated carbocycles. The first-order chi connectivity index (χ1) is 12.6. The van der Waals surface area contributed by atoms with Crippen molar-refractivity contribution in [2.75, 3.05) is 6.54 Å². The molecule has 1 aliphatic carbocycles. The standard InChI is InChI=1S/C20H23N3O2S/c1-13-9-17-15(16(13)11-22-19(25)20-21-7-8-26-20)10-18(24)23(17)12-14-5-3-2-4-6-14/h2-8,13,15-17H,9-12H2,1H3,(H,22,25)/t13-,15-,16+,17+/m0/s1.